The van der Waals surface area contributed by atoms with Crippen LogP contribution in [0.5, 0.6) is 0 Å². The normalized spacial score (nSPS) is 17.8. The lowest BCUT2D eigenvalue weighted by atomic mass is 10.2. The van der Waals surface area contributed by atoms with Crippen molar-refractivity contribution in [1.29, 1.82) is 0 Å². The summed E-state index contributed by atoms with van der Waals surface area (Å²) in [4.78, 5) is 19.2. The van der Waals surface area contributed by atoms with E-state index >= 15 is 0 Å². The Kier molecular flexibility index (Phi) is 4.09. The molecule has 1 aliphatic heterocycles. The van der Waals surface area contributed by atoms with Crippen LogP contribution in [0.3, 0.4) is 0 Å². The van der Waals surface area contributed by atoms with Crippen molar-refractivity contribution in [2.24, 2.45) is 0 Å². The first-order valence-corrected chi connectivity index (χ1v) is 7.14. The highest BCUT2D eigenvalue weighted by Crippen LogP contribution is 2.24. The SMILES string of the molecule is CNc1cc(N2CCCC2CNc2ncccn2)ncn1. The molecule has 1 aliphatic rings. The highest BCUT2D eigenvalue weighted by atomic mass is 15.3. The maximum Gasteiger partial charge on any atom is 0.222 e. The van der Waals surface area contributed by atoms with E-state index in [0.717, 1.165) is 31.1 Å². The quantitative estimate of drug-likeness (QED) is 0.859. The zero-order valence-corrected chi connectivity index (χ0v) is 12.0. The van der Waals surface area contributed by atoms with Crippen molar-refractivity contribution in [3.63, 3.8) is 0 Å². The number of nitrogens with one attached hydrogen (secondary N) is 2. The molecular weight excluding hydrogens is 266 g/mol. The Bertz CT molecular complexity index is 575. The standard InChI is InChI=1S/C14H19N7/c1-15-12-8-13(20-10-19-12)21-7-2-4-11(21)9-18-14-16-5-3-6-17-14/h3,5-6,8,10-11H,2,4,7,9H2,1H3,(H,15,19,20)(H,16,17,18). The van der Waals surface area contributed by atoms with Crippen LogP contribution in [0.15, 0.2) is 30.9 Å². The van der Waals surface area contributed by atoms with Crippen molar-refractivity contribution in [2.45, 2.75) is 18.9 Å². The molecule has 0 aromatic carbocycles. The Morgan fingerprint density at radius 1 is 1.24 bits per heavy atom. The lowest BCUT2D eigenvalue weighted by Gasteiger charge is -2.26. The molecule has 21 heavy (non-hydrogen) atoms. The van der Waals surface area contributed by atoms with Crippen molar-refractivity contribution >= 4 is 17.6 Å². The predicted octanol–water partition coefficient (Wildman–Crippen LogP) is 1.39. The van der Waals surface area contributed by atoms with E-state index in [-0.39, 0.29) is 0 Å². The molecule has 0 spiro atoms. The summed E-state index contributed by atoms with van der Waals surface area (Å²) in [6.45, 7) is 1.82. The highest BCUT2D eigenvalue weighted by molar-refractivity contribution is 5.49. The fourth-order valence-electron chi connectivity index (χ4n) is 2.59. The second kappa shape index (κ2) is 6.34. The molecule has 7 heteroatoms. The van der Waals surface area contributed by atoms with E-state index in [1.165, 1.54) is 6.42 Å². The zero-order chi connectivity index (χ0) is 14.5. The minimum Gasteiger partial charge on any atom is -0.373 e. The van der Waals surface area contributed by atoms with Gasteiger partial charge in [0.1, 0.15) is 18.0 Å². The van der Waals surface area contributed by atoms with E-state index in [9.17, 15) is 0 Å². The molecule has 3 rings (SSSR count). The largest absolute Gasteiger partial charge is 0.373 e. The second-order valence-corrected chi connectivity index (χ2v) is 4.95. The van der Waals surface area contributed by atoms with Crippen LogP contribution in [0.4, 0.5) is 17.6 Å². The van der Waals surface area contributed by atoms with Gasteiger partial charge in [0.15, 0.2) is 0 Å². The van der Waals surface area contributed by atoms with Crippen LogP contribution < -0.4 is 15.5 Å². The molecule has 1 atom stereocenters. The number of nitrogens with zero attached hydrogens (tertiary/aromatic N) is 5. The molecule has 1 fully saturated rings. The van der Waals surface area contributed by atoms with Crippen molar-refractivity contribution in [3.8, 4) is 0 Å². The summed E-state index contributed by atoms with van der Waals surface area (Å²) < 4.78 is 0. The molecule has 2 aromatic rings. The van der Waals surface area contributed by atoms with Gasteiger partial charge in [0.05, 0.1) is 0 Å². The third-order valence-electron chi connectivity index (χ3n) is 3.64. The van der Waals surface area contributed by atoms with Gasteiger partial charge in [-0.2, -0.15) is 0 Å². The summed E-state index contributed by atoms with van der Waals surface area (Å²) in [7, 11) is 1.86. The van der Waals surface area contributed by atoms with Crippen molar-refractivity contribution in [1.82, 2.24) is 19.9 Å². The summed E-state index contributed by atoms with van der Waals surface area (Å²) in [6.07, 6.45) is 7.39. The molecule has 2 N–H and O–H groups in total. The smallest absolute Gasteiger partial charge is 0.222 e. The van der Waals surface area contributed by atoms with Crippen LogP contribution in [-0.2, 0) is 0 Å². The van der Waals surface area contributed by atoms with Crippen molar-refractivity contribution in [2.75, 3.05) is 35.7 Å². The van der Waals surface area contributed by atoms with Crippen LogP contribution in [-0.4, -0.2) is 46.1 Å². The number of hydrogen-bond acceptors (Lipinski definition) is 7. The molecule has 110 valence electrons. The molecule has 0 bridgehead atoms. The molecule has 7 nitrogen and oxygen atoms in total. The number of hydrogen-bond donors (Lipinski definition) is 2. The average molecular weight is 285 g/mol. The van der Waals surface area contributed by atoms with Crippen LogP contribution in [0.1, 0.15) is 12.8 Å². The van der Waals surface area contributed by atoms with Gasteiger partial charge in [-0.25, -0.2) is 19.9 Å². The van der Waals surface area contributed by atoms with Gasteiger partial charge in [-0.15, -0.1) is 0 Å². The Morgan fingerprint density at radius 2 is 2.10 bits per heavy atom. The predicted molar refractivity (Wildman–Crippen MR) is 82.5 cm³/mol. The van der Waals surface area contributed by atoms with Gasteiger partial charge in [-0.3, -0.25) is 0 Å². The summed E-state index contributed by atoms with van der Waals surface area (Å²) in [5.74, 6) is 2.47. The van der Waals surface area contributed by atoms with Gasteiger partial charge in [0.25, 0.3) is 0 Å². The van der Waals surface area contributed by atoms with Crippen molar-refractivity contribution < 1.29 is 0 Å². The third kappa shape index (κ3) is 3.18. The van der Waals surface area contributed by atoms with E-state index in [2.05, 4.69) is 35.5 Å². The zero-order valence-electron chi connectivity index (χ0n) is 12.0. The van der Waals surface area contributed by atoms with Gasteiger partial charge in [-0.05, 0) is 18.9 Å². The van der Waals surface area contributed by atoms with Gasteiger partial charge < -0.3 is 15.5 Å². The van der Waals surface area contributed by atoms with Gasteiger partial charge in [0, 0.05) is 44.6 Å². The summed E-state index contributed by atoms with van der Waals surface area (Å²) >= 11 is 0. The third-order valence-corrected chi connectivity index (χ3v) is 3.64. The van der Waals surface area contributed by atoms with Crippen LogP contribution in [0.25, 0.3) is 0 Å². The van der Waals surface area contributed by atoms with E-state index in [4.69, 9.17) is 0 Å². The Hall–Kier alpha value is -2.44. The summed E-state index contributed by atoms with van der Waals surface area (Å²) in [5, 5.41) is 6.34. The second-order valence-electron chi connectivity index (χ2n) is 4.95. The van der Waals surface area contributed by atoms with Crippen molar-refractivity contribution in [3.05, 3.63) is 30.9 Å². The van der Waals surface area contributed by atoms with E-state index in [1.807, 2.05) is 19.2 Å². The lowest BCUT2D eigenvalue weighted by molar-refractivity contribution is 0.687. The first kappa shape index (κ1) is 13.5. The molecule has 2 aromatic heterocycles. The number of anilines is 3. The Morgan fingerprint density at radius 3 is 2.90 bits per heavy atom. The fourth-order valence-corrected chi connectivity index (χ4v) is 2.59. The van der Waals surface area contributed by atoms with E-state index in [1.54, 1.807) is 18.7 Å². The first-order valence-electron chi connectivity index (χ1n) is 7.14. The first-order chi connectivity index (χ1) is 10.4. The number of aromatic nitrogens is 4. The maximum atomic E-state index is 4.39. The fraction of sp³-hybridized carbons (Fsp3) is 0.429. The summed E-state index contributed by atoms with van der Waals surface area (Å²) in [5.41, 5.74) is 0. The van der Waals surface area contributed by atoms with Gasteiger partial charge in [-0.1, -0.05) is 0 Å². The summed E-state index contributed by atoms with van der Waals surface area (Å²) in [6, 6.07) is 4.19. The molecule has 0 amide bonds. The van der Waals surface area contributed by atoms with Gasteiger partial charge in [0.2, 0.25) is 5.95 Å². The highest BCUT2D eigenvalue weighted by Gasteiger charge is 2.25. The van der Waals surface area contributed by atoms with Crippen LogP contribution in [0, 0.1) is 0 Å². The van der Waals surface area contributed by atoms with Crippen LogP contribution >= 0.6 is 0 Å². The van der Waals surface area contributed by atoms with E-state index < -0.39 is 0 Å². The molecule has 1 unspecified atom stereocenters. The van der Waals surface area contributed by atoms with E-state index in [0.29, 0.717) is 12.0 Å². The van der Waals surface area contributed by atoms with Gasteiger partial charge >= 0.3 is 0 Å². The molecule has 0 radical (unpaired) electrons. The minimum absolute atomic E-state index is 0.397. The average Bonchev–Trinajstić information content (AvgIpc) is 3.02. The molecule has 3 heterocycles. The Balaban J connectivity index is 1.67. The molecular formula is C14H19N7. The van der Waals surface area contributed by atoms with Crippen LogP contribution in [0.2, 0.25) is 0 Å². The molecule has 0 aliphatic carbocycles. The molecule has 1 saturated heterocycles. The monoisotopic (exact) mass is 285 g/mol. The minimum atomic E-state index is 0.397. The molecule has 0 saturated carbocycles. The number of rotatable bonds is 5. The maximum absolute atomic E-state index is 4.39. The topological polar surface area (TPSA) is 78.9 Å². The lowest BCUT2D eigenvalue weighted by Crippen LogP contribution is -2.35. The Labute approximate surface area is 123 Å².